The molecule has 0 aliphatic heterocycles. The second-order valence-electron chi connectivity index (χ2n) is 6.16. The zero-order valence-corrected chi connectivity index (χ0v) is 17.3. The number of aryl methyl sites for hydroxylation is 1. The topological polar surface area (TPSA) is 69.7 Å². The lowest BCUT2D eigenvalue weighted by Gasteiger charge is -2.10. The number of hydrogen-bond acceptors (Lipinski definition) is 6. The molecule has 1 N–H and O–H groups in total. The molecule has 3 aromatic rings. The lowest BCUT2D eigenvalue weighted by atomic mass is 10.1. The van der Waals surface area contributed by atoms with Crippen LogP contribution in [-0.4, -0.2) is 31.7 Å². The molecule has 0 aliphatic carbocycles. The first-order valence-electron chi connectivity index (χ1n) is 8.89. The van der Waals surface area contributed by atoms with Gasteiger partial charge >= 0.3 is 0 Å². The van der Waals surface area contributed by atoms with E-state index in [-0.39, 0.29) is 5.91 Å². The van der Waals surface area contributed by atoms with E-state index in [2.05, 4.69) is 16.9 Å². The first-order valence-corrected chi connectivity index (χ1v) is 9.77. The van der Waals surface area contributed by atoms with Crippen LogP contribution in [0.5, 0.6) is 17.2 Å². The van der Waals surface area contributed by atoms with Gasteiger partial charge in [-0.3, -0.25) is 10.1 Å². The van der Waals surface area contributed by atoms with E-state index in [1.807, 2.05) is 30.5 Å². The third-order valence-corrected chi connectivity index (χ3v) is 4.90. The van der Waals surface area contributed by atoms with Gasteiger partial charge in [0.15, 0.2) is 16.6 Å². The fourth-order valence-corrected chi connectivity index (χ4v) is 3.43. The molecule has 0 saturated heterocycles. The zero-order valence-electron chi connectivity index (χ0n) is 16.5. The number of nitrogens with zero attached hydrogens (tertiary/aromatic N) is 1. The van der Waals surface area contributed by atoms with E-state index < -0.39 is 0 Å². The van der Waals surface area contributed by atoms with Gasteiger partial charge in [0.05, 0.1) is 19.9 Å². The molecule has 150 valence electrons. The first kappa shape index (κ1) is 20.4. The molecule has 1 amide bonds. The number of nitrogens with one attached hydrogen (secondary N) is 1. The minimum absolute atomic E-state index is 0.282. The second kappa shape index (κ2) is 9.25. The van der Waals surface area contributed by atoms with Crippen LogP contribution in [0.15, 0.2) is 54.4 Å². The highest BCUT2D eigenvalue weighted by molar-refractivity contribution is 7.14. The summed E-state index contributed by atoms with van der Waals surface area (Å²) < 4.78 is 16.3. The lowest BCUT2D eigenvalue weighted by Crippen LogP contribution is -2.12. The number of anilines is 1. The van der Waals surface area contributed by atoms with Gasteiger partial charge in [-0.25, -0.2) is 4.98 Å². The summed E-state index contributed by atoms with van der Waals surface area (Å²) in [5, 5.41) is 5.22. The smallest absolute Gasteiger partial charge is 0.257 e. The molecule has 7 heteroatoms. The SMILES string of the molecule is C=CCOc1ccc(C(=O)Nc2nc(-c3cc(C)ccc3OC)cs2)cc1OC. The van der Waals surface area contributed by atoms with Gasteiger partial charge in [0.1, 0.15) is 12.4 Å². The number of methoxy groups -OCH3 is 2. The quantitative estimate of drug-likeness (QED) is 0.532. The predicted molar refractivity (Wildman–Crippen MR) is 115 cm³/mol. The van der Waals surface area contributed by atoms with Crippen LogP contribution in [0.4, 0.5) is 5.13 Å². The Morgan fingerprint density at radius 2 is 1.90 bits per heavy atom. The molecule has 0 fully saturated rings. The standard InChI is InChI=1S/C22H22N2O4S/c1-5-10-28-19-9-7-15(12-20(19)27-4)21(25)24-22-23-17(13-29-22)16-11-14(2)6-8-18(16)26-3/h5-9,11-13H,1,10H2,2-4H3,(H,23,24,25). The summed E-state index contributed by atoms with van der Waals surface area (Å²) in [4.78, 5) is 17.2. The minimum Gasteiger partial charge on any atom is -0.496 e. The largest absolute Gasteiger partial charge is 0.496 e. The third kappa shape index (κ3) is 4.75. The van der Waals surface area contributed by atoms with Gasteiger partial charge in [0, 0.05) is 16.5 Å². The Labute approximate surface area is 173 Å². The molecule has 0 atom stereocenters. The van der Waals surface area contributed by atoms with Gasteiger partial charge in [0.25, 0.3) is 5.91 Å². The van der Waals surface area contributed by atoms with Crippen LogP contribution >= 0.6 is 11.3 Å². The molecule has 3 rings (SSSR count). The van der Waals surface area contributed by atoms with Crippen molar-refractivity contribution in [1.29, 1.82) is 0 Å². The predicted octanol–water partition coefficient (Wildman–Crippen LogP) is 4.95. The molecule has 0 aliphatic rings. The number of carbonyl (C=O) groups is 1. The van der Waals surface area contributed by atoms with Crippen LogP contribution in [0, 0.1) is 6.92 Å². The van der Waals surface area contributed by atoms with Crippen LogP contribution in [0.2, 0.25) is 0 Å². The summed E-state index contributed by atoms with van der Waals surface area (Å²) in [5.41, 5.74) is 3.18. The maximum Gasteiger partial charge on any atom is 0.257 e. The van der Waals surface area contributed by atoms with Gasteiger partial charge in [-0.05, 0) is 37.3 Å². The number of thiazole rings is 1. The van der Waals surface area contributed by atoms with Crippen molar-refractivity contribution in [3.63, 3.8) is 0 Å². The Morgan fingerprint density at radius 3 is 2.62 bits per heavy atom. The number of benzene rings is 2. The molecule has 0 unspecified atom stereocenters. The molecule has 6 nitrogen and oxygen atoms in total. The van der Waals surface area contributed by atoms with Crippen LogP contribution in [0.25, 0.3) is 11.3 Å². The molecule has 0 spiro atoms. The highest BCUT2D eigenvalue weighted by Gasteiger charge is 2.15. The van der Waals surface area contributed by atoms with Crippen molar-refractivity contribution < 1.29 is 19.0 Å². The summed E-state index contributed by atoms with van der Waals surface area (Å²) in [6.07, 6.45) is 1.64. The molecule has 1 aromatic heterocycles. The van der Waals surface area contributed by atoms with Gasteiger partial charge < -0.3 is 14.2 Å². The minimum atomic E-state index is -0.282. The second-order valence-corrected chi connectivity index (χ2v) is 7.02. The van der Waals surface area contributed by atoms with Crippen LogP contribution in [0.1, 0.15) is 15.9 Å². The highest BCUT2D eigenvalue weighted by Crippen LogP contribution is 2.33. The Morgan fingerprint density at radius 1 is 1.14 bits per heavy atom. The Balaban J connectivity index is 1.79. The summed E-state index contributed by atoms with van der Waals surface area (Å²) >= 11 is 1.35. The normalized spacial score (nSPS) is 10.3. The molecular formula is C22H22N2O4S. The Hall–Kier alpha value is -3.32. The van der Waals surface area contributed by atoms with Gasteiger partial charge in [0.2, 0.25) is 0 Å². The van der Waals surface area contributed by atoms with Crippen molar-refractivity contribution in [3.8, 4) is 28.5 Å². The molecule has 29 heavy (non-hydrogen) atoms. The lowest BCUT2D eigenvalue weighted by molar-refractivity contribution is 0.102. The molecule has 0 bridgehead atoms. The van der Waals surface area contributed by atoms with Gasteiger partial charge in [-0.1, -0.05) is 24.3 Å². The van der Waals surface area contributed by atoms with Crippen molar-refractivity contribution in [2.24, 2.45) is 0 Å². The molecule has 0 radical (unpaired) electrons. The molecular weight excluding hydrogens is 388 g/mol. The van der Waals surface area contributed by atoms with E-state index in [9.17, 15) is 4.79 Å². The third-order valence-electron chi connectivity index (χ3n) is 4.14. The maximum atomic E-state index is 12.6. The van der Waals surface area contributed by atoms with Crippen molar-refractivity contribution in [2.75, 3.05) is 26.1 Å². The van der Waals surface area contributed by atoms with Crippen LogP contribution in [-0.2, 0) is 0 Å². The maximum absolute atomic E-state index is 12.6. The number of rotatable bonds is 8. The molecule has 2 aromatic carbocycles. The van der Waals surface area contributed by atoms with E-state index in [0.717, 1.165) is 22.6 Å². The summed E-state index contributed by atoms with van der Waals surface area (Å²) in [7, 11) is 3.15. The Kier molecular flexibility index (Phi) is 6.51. The number of carbonyl (C=O) groups excluding carboxylic acids is 1. The van der Waals surface area contributed by atoms with Gasteiger partial charge in [-0.2, -0.15) is 0 Å². The number of amides is 1. The fourth-order valence-electron chi connectivity index (χ4n) is 2.72. The van der Waals surface area contributed by atoms with E-state index in [0.29, 0.717) is 28.8 Å². The van der Waals surface area contributed by atoms with Crippen LogP contribution in [0.3, 0.4) is 0 Å². The summed E-state index contributed by atoms with van der Waals surface area (Å²) in [6, 6.07) is 10.9. The summed E-state index contributed by atoms with van der Waals surface area (Å²) in [6.45, 7) is 5.98. The molecule has 1 heterocycles. The van der Waals surface area contributed by atoms with E-state index in [1.165, 1.54) is 18.4 Å². The number of hydrogen-bond donors (Lipinski definition) is 1. The summed E-state index contributed by atoms with van der Waals surface area (Å²) in [5.74, 6) is 1.48. The number of aromatic nitrogens is 1. The van der Waals surface area contributed by atoms with Crippen molar-refractivity contribution >= 4 is 22.4 Å². The molecule has 0 saturated carbocycles. The Bertz CT molecular complexity index is 1030. The van der Waals surface area contributed by atoms with Gasteiger partial charge in [-0.15, -0.1) is 11.3 Å². The van der Waals surface area contributed by atoms with Crippen molar-refractivity contribution in [2.45, 2.75) is 6.92 Å². The van der Waals surface area contributed by atoms with E-state index in [4.69, 9.17) is 14.2 Å². The average Bonchev–Trinajstić information content (AvgIpc) is 3.20. The first-order chi connectivity index (χ1) is 14.0. The monoisotopic (exact) mass is 410 g/mol. The van der Waals surface area contributed by atoms with E-state index >= 15 is 0 Å². The number of ether oxygens (including phenoxy) is 3. The van der Waals surface area contributed by atoms with Crippen molar-refractivity contribution in [1.82, 2.24) is 4.98 Å². The van der Waals surface area contributed by atoms with E-state index in [1.54, 1.807) is 31.4 Å². The highest BCUT2D eigenvalue weighted by atomic mass is 32.1. The van der Waals surface area contributed by atoms with Crippen LogP contribution < -0.4 is 19.5 Å². The fraction of sp³-hybridized carbons (Fsp3) is 0.182. The average molecular weight is 410 g/mol. The van der Waals surface area contributed by atoms with Crippen molar-refractivity contribution in [3.05, 3.63) is 65.6 Å². The zero-order chi connectivity index (χ0) is 20.8.